The molecule has 0 spiro atoms. The van der Waals surface area contributed by atoms with Gasteiger partial charge in [0, 0.05) is 11.5 Å². The minimum Gasteiger partial charge on any atom is -0.236 e. The third-order valence-corrected chi connectivity index (χ3v) is 3.13. The van der Waals surface area contributed by atoms with E-state index in [4.69, 9.17) is 0 Å². The van der Waals surface area contributed by atoms with Crippen LogP contribution in [0.25, 0.3) is 5.52 Å². The zero-order valence-corrected chi connectivity index (χ0v) is 9.47. The van der Waals surface area contributed by atoms with Gasteiger partial charge in [-0.15, -0.1) is 11.8 Å². The fourth-order valence-electron chi connectivity index (χ4n) is 1.24. The smallest absolute Gasteiger partial charge is 0.137 e. The van der Waals surface area contributed by atoms with E-state index in [1.165, 1.54) is 5.56 Å². The van der Waals surface area contributed by atoms with Gasteiger partial charge in [0.2, 0.25) is 0 Å². The second-order valence-electron chi connectivity index (χ2n) is 2.54. The Labute approximate surface area is 88.7 Å². The lowest BCUT2D eigenvalue weighted by Crippen LogP contribution is -1.94. The van der Waals surface area contributed by atoms with Crippen molar-refractivity contribution in [3.63, 3.8) is 0 Å². The summed E-state index contributed by atoms with van der Waals surface area (Å²) < 4.78 is 1.86. The number of nitrogens with zero attached hydrogens (tertiary/aromatic N) is 3. The molecule has 0 unspecified atom stereocenters. The Kier molecular flexibility index (Phi) is 2.55. The lowest BCUT2D eigenvalue weighted by atomic mass is 10.3. The monoisotopic (exact) mass is 257 g/mol. The number of hydrogen-bond acceptors (Lipinski definition) is 3. The highest BCUT2D eigenvalue weighted by atomic mass is 79.9. The van der Waals surface area contributed by atoms with Gasteiger partial charge in [-0.3, -0.25) is 0 Å². The summed E-state index contributed by atoms with van der Waals surface area (Å²) in [6.07, 6.45) is 5.55. The minimum absolute atomic E-state index is 0.838. The second-order valence-corrected chi connectivity index (χ2v) is 3.89. The summed E-state index contributed by atoms with van der Waals surface area (Å²) in [4.78, 5) is 4.22. The van der Waals surface area contributed by atoms with E-state index in [0.717, 1.165) is 15.9 Å². The molecule has 0 bridgehead atoms. The van der Waals surface area contributed by atoms with Gasteiger partial charge in [0.1, 0.15) is 16.9 Å². The molecule has 13 heavy (non-hydrogen) atoms. The van der Waals surface area contributed by atoms with Crippen molar-refractivity contribution in [1.82, 2.24) is 14.6 Å². The standard InChI is InChI=1S/C8H8BrN3S/c1-13-8-7-6(4-9)2-3-12(7)11-5-10-8/h2-3,5H,4H2,1H3. The molecule has 2 heterocycles. The molecule has 68 valence electrons. The van der Waals surface area contributed by atoms with Gasteiger partial charge >= 0.3 is 0 Å². The summed E-state index contributed by atoms with van der Waals surface area (Å²) >= 11 is 5.08. The van der Waals surface area contributed by atoms with Crippen LogP contribution in [-0.2, 0) is 5.33 Å². The van der Waals surface area contributed by atoms with Crippen molar-refractivity contribution in [2.45, 2.75) is 10.4 Å². The van der Waals surface area contributed by atoms with Gasteiger partial charge in [0.05, 0.1) is 0 Å². The van der Waals surface area contributed by atoms with Crippen LogP contribution in [0.4, 0.5) is 0 Å². The van der Waals surface area contributed by atoms with Crippen molar-refractivity contribution in [3.8, 4) is 0 Å². The Morgan fingerprint density at radius 2 is 2.46 bits per heavy atom. The summed E-state index contributed by atoms with van der Waals surface area (Å²) in [6.45, 7) is 0. The fraction of sp³-hybridized carbons (Fsp3) is 0.250. The van der Waals surface area contributed by atoms with Gasteiger partial charge in [-0.2, -0.15) is 5.10 Å². The van der Waals surface area contributed by atoms with Gasteiger partial charge in [-0.05, 0) is 17.9 Å². The normalized spacial score (nSPS) is 10.9. The van der Waals surface area contributed by atoms with E-state index in [1.807, 2.05) is 17.0 Å². The highest BCUT2D eigenvalue weighted by Gasteiger charge is 2.07. The minimum atomic E-state index is 0.838. The summed E-state index contributed by atoms with van der Waals surface area (Å²) in [6, 6.07) is 2.05. The lowest BCUT2D eigenvalue weighted by molar-refractivity contribution is 0.864. The molecule has 0 N–H and O–H groups in total. The van der Waals surface area contributed by atoms with Gasteiger partial charge < -0.3 is 0 Å². The van der Waals surface area contributed by atoms with Crippen LogP contribution in [0.1, 0.15) is 5.56 Å². The molecule has 2 rings (SSSR count). The van der Waals surface area contributed by atoms with Crippen molar-refractivity contribution >= 4 is 33.2 Å². The number of hydrogen-bond donors (Lipinski definition) is 0. The van der Waals surface area contributed by atoms with Crippen LogP contribution in [0.3, 0.4) is 0 Å². The number of rotatable bonds is 2. The number of aromatic nitrogens is 3. The molecule has 0 aliphatic rings. The van der Waals surface area contributed by atoms with E-state index < -0.39 is 0 Å². The molecular weight excluding hydrogens is 250 g/mol. The van der Waals surface area contributed by atoms with E-state index in [1.54, 1.807) is 18.1 Å². The maximum Gasteiger partial charge on any atom is 0.137 e. The molecule has 0 amide bonds. The number of fused-ring (bicyclic) bond motifs is 1. The van der Waals surface area contributed by atoms with Gasteiger partial charge in [-0.1, -0.05) is 15.9 Å². The zero-order chi connectivity index (χ0) is 9.26. The van der Waals surface area contributed by atoms with Gasteiger partial charge in [-0.25, -0.2) is 9.50 Å². The second kappa shape index (κ2) is 3.67. The van der Waals surface area contributed by atoms with E-state index >= 15 is 0 Å². The molecule has 2 aromatic rings. The van der Waals surface area contributed by atoms with Gasteiger partial charge in [0.25, 0.3) is 0 Å². The van der Waals surface area contributed by atoms with E-state index in [2.05, 4.69) is 32.1 Å². The SMILES string of the molecule is CSc1ncnn2ccc(CBr)c12. The maximum atomic E-state index is 4.22. The Morgan fingerprint density at radius 3 is 3.15 bits per heavy atom. The molecule has 0 fully saturated rings. The Balaban J connectivity index is 2.76. The molecule has 0 aromatic carbocycles. The quantitative estimate of drug-likeness (QED) is 0.611. The zero-order valence-electron chi connectivity index (χ0n) is 7.07. The molecule has 0 aliphatic carbocycles. The van der Waals surface area contributed by atoms with Crippen LogP contribution in [0, 0.1) is 0 Å². The highest BCUT2D eigenvalue weighted by molar-refractivity contribution is 9.08. The summed E-state index contributed by atoms with van der Waals surface area (Å²) in [5, 5.41) is 5.99. The van der Waals surface area contributed by atoms with Crippen LogP contribution in [0.5, 0.6) is 0 Å². The van der Waals surface area contributed by atoms with Crippen LogP contribution in [0.2, 0.25) is 0 Å². The molecule has 0 atom stereocenters. The average Bonchev–Trinajstić information content (AvgIpc) is 2.60. The molecular formula is C8H8BrN3S. The molecule has 3 nitrogen and oxygen atoms in total. The van der Waals surface area contributed by atoms with E-state index in [9.17, 15) is 0 Å². The van der Waals surface area contributed by atoms with Crippen molar-refractivity contribution in [2.24, 2.45) is 0 Å². The predicted octanol–water partition coefficient (Wildman–Crippen LogP) is 2.35. The fourth-order valence-corrected chi connectivity index (χ4v) is 2.27. The number of thioether (sulfide) groups is 1. The summed E-state index contributed by atoms with van der Waals surface area (Å²) in [5.74, 6) is 0. The summed E-state index contributed by atoms with van der Waals surface area (Å²) in [5.41, 5.74) is 2.33. The van der Waals surface area contributed by atoms with Crippen LogP contribution >= 0.6 is 27.7 Å². The Morgan fingerprint density at radius 1 is 1.62 bits per heavy atom. The lowest BCUT2D eigenvalue weighted by Gasteiger charge is -2.00. The molecule has 2 aromatic heterocycles. The van der Waals surface area contributed by atoms with E-state index in [0.29, 0.717) is 0 Å². The van der Waals surface area contributed by atoms with Crippen molar-refractivity contribution in [3.05, 3.63) is 24.2 Å². The molecule has 0 aliphatic heterocycles. The van der Waals surface area contributed by atoms with Crippen molar-refractivity contribution < 1.29 is 0 Å². The molecule has 0 saturated heterocycles. The number of alkyl halides is 1. The van der Waals surface area contributed by atoms with Gasteiger partial charge in [0.15, 0.2) is 0 Å². The van der Waals surface area contributed by atoms with Crippen LogP contribution in [-0.4, -0.2) is 20.9 Å². The topological polar surface area (TPSA) is 30.2 Å². The van der Waals surface area contributed by atoms with Crippen LogP contribution in [0.15, 0.2) is 23.6 Å². The first kappa shape index (κ1) is 9.02. The first-order valence-corrected chi connectivity index (χ1v) is 6.12. The first-order valence-electron chi connectivity index (χ1n) is 3.78. The number of halogens is 1. The summed E-state index contributed by atoms with van der Waals surface area (Å²) in [7, 11) is 0. The molecule has 0 radical (unpaired) electrons. The third kappa shape index (κ3) is 1.46. The predicted molar refractivity (Wildman–Crippen MR) is 57.4 cm³/mol. The average molecular weight is 258 g/mol. The van der Waals surface area contributed by atoms with E-state index in [-0.39, 0.29) is 0 Å². The first-order chi connectivity index (χ1) is 6.36. The van der Waals surface area contributed by atoms with Crippen molar-refractivity contribution in [1.29, 1.82) is 0 Å². The Hall–Kier alpha value is -0.550. The van der Waals surface area contributed by atoms with Crippen LogP contribution < -0.4 is 0 Å². The maximum absolute atomic E-state index is 4.22. The highest BCUT2D eigenvalue weighted by Crippen LogP contribution is 2.23. The largest absolute Gasteiger partial charge is 0.236 e. The third-order valence-electron chi connectivity index (χ3n) is 1.84. The van der Waals surface area contributed by atoms with Crippen molar-refractivity contribution in [2.75, 3.05) is 6.26 Å². The molecule has 5 heteroatoms. The Bertz CT molecular complexity index is 426. The molecule has 0 saturated carbocycles.